The van der Waals surface area contributed by atoms with Crippen molar-refractivity contribution in [3.8, 4) is 11.5 Å². The number of aliphatic hydroxyl groups excluding tert-OH is 1. The molecule has 0 saturated heterocycles. The van der Waals surface area contributed by atoms with Gasteiger partial charge in [-0.3, -0.25) is 0 Å². The molecule has 0 saturated carbocycles. The van der Waals surface area contributed by atoms with Crippen LogP contribution in [0.25, 0.3) is 0 Å². The maximum Gasteiger partial charge on any atom is 0.161 e. The molecule has 0 bridgehead atoms. The summed E-state index contributed by atoms with van der Waals surface area (Å²) in [4.78, 5) is 2.10. The molecule has 1 aromatic rings. The van der Waals surface area contributed by atoms with E-state index in [2.05, 4.69) is 4.90 Å². The van der Waals surface area contributed by atoms with E-state index in [1.807, 2.05) is 30.5 Å². The second-order valence-electron chi connectivity index (χ2n) is 6.45. The van der Waals surface area contributed by atoms with E-state index in [1.54, 1.807) is 0 Å². The number of ether oxygens (including phenoxy) is 2. The molecule has 2 heterocycles. The fraction of sp³-hybridized carbons (Fsp3) is 0.368. The summed E-state index contributed by atoms with van der Waals surface area (Å²) in [6.07, 6.45) is 4.38. The predicted molar refractivity (Wildman–Crippen MR) is 92.1 cm³/mol. The van der Waals surface area contributed by atoms with E-state index in [-0.39, 0.29) is 17.9 Å². The summed E-state index contributed by atoms with van der Waals surface area (Å²) in [7, 11) is 0. The van der Waals surface area contributed by atoms with E-state index in [4.69, 9.17) is 15.2 Å². The zero-order valence-corrected chi connectivity index (χ0v) is 13.8. The van der Waals surface area contributed by atoms with Crippen LogP contribution in [0, 0.1) is 0 Å². The molecule has 0 aromatic heterocycles. The first-order valence-electron chi connectivity index (χ1n) is 8.52. The van der Waals surface area contributed by atoms with E-state index >= 15 is 0 Å². The van der Waals surface area contributed by atoms with Gasteiger partial charge in [-0.1, -0.05) is 12.1 Å². The summed E-state index contributed by atoms with van der Waals surface area (Å²) in [5.41, 5.74) is 7.23. The number of fused-ring (bicyclic) bond motifs is 2. The minimum Gasteiger partial charge on any atom is -0.505 e. The molecule has 0 radical (unpaired) electrons. The fourth-order valence-electron chi connectivity index (χ4n) is 3.67. The minimum atomic E-state index is -0.554. The van der Waals surface area contributed by atoms with Crippen molar-refractivity contribution in [2.75, 3.05) is 19.7 Å². The van der Waals surface area contributed by atoms with Crippen molar-refractivity contribution >= 4 is 0 Å². The molecule has 1 aliphatic carbocycles. The lowest BCUT2D eigenvalue weighted by Crippen LogP contribution is -2.42. The van der Waals surface area contributed by atoms with Gasteiger partial charge in [-0.15, -0.1) is 0 Å². The monoisotopic (exact) mass is 344 g/mol. The molecule has 0 spiro atoms. The Labute approximate surface area is 145 Å². The maximum absolute atomic E-state index is 13.8. The number of nitrogens with zero attached hydrogens (tertiary/aromatic N) is 1. The first-order valence-corrected chi connectivity index (χ1v) is 8.52. The molecule has 2 aliphatic heterocycles. The zero-order valence-electron chi connectivity index (χ0n) is 13.8. The highest BCUT2D eigenvalue weighted by Crippen LogP contribution is 2.39. The summed E-state index contributed by atoms with van der Waals surface area (Å²) < 4.78 is 25.6. The predicted octanol–water partition coefficient (Wildman–Crippen LogP) is 2.81. The highest BCUT2D eigenvalue weighted by Gasteiger charge is 2.37. The first kappa shape index (κ1) is 16.0. The summed E-state index contributed by atoms with van der Waals surface area (Å²) in [5.74, 6) is 0.671. The van der Waals surface area contributed by atoms with E-state index in [1.165, 1.54) is 6.08 Å². The lowest BCUT2D eigenvalue weighted by Gasteiger charge is -2.33. The third kappa shape index (κ3) is 2.87. The smallest absolute Gasteiger partial charge is 0.161 e. The molecule has 3 N–H and O–H groups in total. The third-order valence-corrected chi connectivity index (χ3v) is 4.80. The molecule has 0 fully saturated rings. The molecule has 1 aromatic carbocycles. The van der Waals surface area contributed by atoms with Crippen LogP contribution in [0.4, 0.5) is 4.39 Å². The van der Waals surface area contributed by atoms with Crippen LogP contribution in [0.1, 0.15) is 12.8 Å². The van der Waals surface area contributed by atoms with Gasteiger partial charge in [0.25, 0.3) is 0 Å². The number of halogens is 1. The van der Waals surface area contributed by atoms with Crippen LogP contribution >= 0.6 is 0 Å². The van der Waals surface area contributed by atoms with Crippen LogP contribution in [0.3, 0.4) is 0 Å². The SMILES string of the molecule is NCCC1=CN(CC2COc3ccccc3O2)C2CC=C(F)C(O)=C12. The summed E-state index contributed by atoms with van der Waals surface area (Å²) in [5, 5.41) is 10.2. The van der Waals surface area contributed by atoms with Gasteiger partial charge < -0.3 is 25.2 Å². The third-order valence-electron chi connectivity index (χ3n) is 4.80. The van der Waals surface area contributed by atoms with Crippen molar-refractivity contribution in [1.82, 2.24) is 4.90 Å². The lowest BCUT2D eigenvalue weighted by atomic mass is 9.92. The van der Waals surface area contributed by atoms with Gasteiger partial charge in [0.1, 0.15) is 6.61 Å². The van der Waals surface area contributed by atoms with Gasteiger partial charge in [-0.05, 0) is 43.2 Å². The van der Waals surface area contributed by atoms with Crippen molar-refractivity contribution in [2.45, 2.75) is 25.0 Å². The van der Waals surface area contributed by atoms with E-state index in [0.29, 0.717) is 38.1 Å². The van der Waals surface area contributed by atoms with Crippen LogP contribution in [0.5, 0.6) is 11.5 Å². The number of rotatable bonds is 4. The highest BCUT2D eigenvalue weighted by molar-refractivity contribution is 5.49. The summed E-state index contributed by atoms with van der Waals surface area (Å²) in [6, 6.07) is 7.51. The molecule has 132 valence electrons. The topological polar surface area (TPSA) is 68.0 Å². The second-order valence-corrected chi connectivity index (χ2v) is 6.45. The largest absolute Gasteiger partial charge is 0.505 e. The number of hydrogen-bond acceptors (Lipinski definition) is 5. The Balaban J connectivity index is 1.54. The van der Waals surface area contributed by atoms with Crippen molar-refractivity contribution in [1.29, 1.82) is 0 Å². The van der Waals surface area contributed by atoms with Crippen molar-refractivity contribution in [3.05, 3.63) is 59.3 Å². The Morgan fingerprint density at radius 3 is 2.88 bits per heavy atom. The Bertz CT molecular complexity index is 772. The molecular weight excluding hydrogens is 323 g/mol. The Morgan fingerprint density at radius 2 is 2.08 bits per heavy atom. The number of nitrogens with two attached hydrogens (primary N) is 1. The standard InChI is InChI=1S/C19H21FN2O3/c20-14-5-6-15-18(19(14)23)12(7-8-21)9-22(15)10-13-11-24-16-3-1-2-4-17(16)25-13/h1-5,9,13,15,23H,6-8,10-11,21H2. The van der Waals surface area contributed by atoms with Gasteiger partial charge in [0.05, 0.1) is 12.6 Å². The van der Waals surface area contributed by atoms with Gasteiger partial charge in [0.15, 0.2) is 29.2 Å². The van der Waals surface area contributed by atoms with Gasteiger partial charge in [0, 0.05) is 11.8 Å². The van der Waals surface area contributed by atoms with Crippen molar-refractivity contribution < 1.29 is 19.0 Å². The van der Waals surface area contributed by atoms with E-state index < -0.39 is 5.83 Å². The number of aliphatic hydroxyl groups is 1. The van der Waals surface area contributed by atoms with Crippen LogP contribution in [0.2, 0.25) is 0 Å². The van der Waals surface area contributed by atoms with Crippen LogP contribution in [-0.4, -0.2) is 41.8 Å². The average molecular weight is 344 g/mol. The van der Waals surface area contributed by atoms with Gasteiger partial charge in [0.2, 0.25) is 0 Å². The Hall–Kier alpha value is -2.47. The quantitative estimate of drug-likeness (QED) is 0.879. The van der Waals surface area contributed by atoms with Crippen LogP contribution in [0.15, 0.2) is 59.3 Å². The molecule has 2 atom stereocenters. The number of hydrogen-bond donors (Lipinski definition) is 2. The van der Waals surface area contributed by atoms with Crippen LogP contribution in [-0.2, 0) is 0 Å². The van der Waals surface area contributed by atoms with Gasteiger partial charge in [-0.25, -0.2) is 4.39 Å². The average Bonchev–Trinajstić information content (AvgIpc) is 2.96. The molecule has 3 aliphatic rings. The molecule has 4 rings (SSSR count). The molecule has 0 amide bonds. The van der Waals surface area contributed by atoms with Crippen molar-refractivity contribution in [2.24, 2.45) is 5.73 Å². The second kappa shape index (κ2) is 6.44. The molecule has 6 heteroatoms. The Morgan fingerprint density at radius 1 is 1.28 bits per heavy atom. The molecule has 2 unspecified atom stereocenters. The first-order chi connectivity index (χ1) is 12.2. The number of para-hydroxylation sites is 2. The minimum absolute atomic E-state index is 0.0816. The molecule has 25 heavy (non-hydrogen) atoms. The van der Waals surface area contributed by atoms with E-state index in [9.17, 15) is 9.50 Å². The lowest BCUT2D eigenvalue weighted by molar-refractivity contribution is 0.0656. The van der Waals surface area contributed by atoms with Crippen LogP contribution < -0.4 is 15.2 Å². The van der Waals surface area contributed by atoms with E-state index in [0.717, 1.165) is 17.1 Å². The maximum atomic E-state index is 13.8. The highest BCUT2D eigenvalue weighted by atomic mass is 19.1. The van der Waals surface area contributed by atoms with Gasteiger partial charge in [-0.2, -0.15) is 0 Å². The normalized spacial score (nSPS) is 24.8. The Kier molecular flexibility index (Phi) is 4.13. The zero-order chi connectivity index (χ0) is 17.4. The number of benzene rings is 1. The summed E-state index contributed by atoms with van der Waals surface area (Å²) in [6.45, 7) is 1.50. The van der Waals surface area contributed by atoms with Crippen molar-refractivity contribution in [3.63, 3.8) is 0 Å². The number of allylic oxidation sites excluding steroid dienone is 1. The fourth-order valence-corrected chi connectivity index (χ4v) is 3.67. The molecule has 5 nitrogen and oxygen atoms in total. The molecular formula is C19H21FN2O3. The van der Waals surface area contributed by atoms with Gasteiger partial charge >= 0.3 is 0 Å². The summed E-state index contributed by atoms with van der Waals surface area (Å²) >= 11 is 0.